The van der Waals surface area contributed by atoms with Gasteiger partial charge in [0.25, 0.3) is 0 Å². The van der Waals surface area contributed by atoms with Gasteiger partial charge in [-0.15, -0.1) is 0 Å². The number of benzene rings is 1. The Bertz CT molecular complexity index is 965. The van der Waals surface area contributed by atoms with Crippen molar-refractivity contribution in [2.45, 2.75) is 25.8 Å². The molecule has 1 amide bonds. The fourth-order valence-electron chi connectivity index (χ4n) is 4.44. The molecule has 160 valence electrons. The molecule has 7 nitrogen and oxygen atoms in total. The van der Waals surface area contributed by atoms with Crippen LogP contribution < -0.4 is 0 Å². The van der Waals surface area contributed by atoms with Crippen molar-refractivity contribution in [2.24, 2.45) is 5.41 Å². The third-order valence-electron chi connectivity index (χ3n) is 6.01. The van der Waals surface area contributed by atoms with E-state index < -0.39 is 5.97 Å². The summed E-state index contributed by atoms with van der Waals surface area (Å²) in [6.45, 7) is 3.98. The van der Waals surface area contributed by atoms with Gasteiger partial charge in [0.05, 0.1) is 11.2 Å². The van der Waals surface area contributed by atoms with Crippen LogP contribution >= 0.6 is 34.8 Å². The number of halogens is 3. The van der Waals surface area contributed by atoms with Crippen LogP contribution in [0.3, 0.4) is 0 Å². The molecule has 2 fully saturated rings. The molecule has 30 heavy (non-hydrogen) atoms. The summed E-state index contributed by atoms with van der Waals surface area (Å²) in [7, 11) is 0. The zero-order valence-corrected chi connectivity index (χ0v) is 18.4. The molecule has 2 aliphatic heterocycles. The molecule has 1 spiro atoms. The van der Waals surface area contributed by atoms with E-state index in [1.165, 1.54) is 6.20 Å². The lowest BCUT2D eigenvalue weighted by atomic mass is 9.78. The van der Waals surface area contributed by atoms with Crippen molar-refractivity contribution in [1.29, 1.82) is 0 Å². The molecule has 3 heterocycles. The van der Waals surface area contributed by atoms with Gasteiger partial charge in [-0.2, -0.15) is 9.78 Å². The molecule has 0 bridgehead atoms. The van der Waals surface area contributed by atoms with E-state index in [1.54, 1.807) is 11.0 Å². The second-order valence-corrected chi connectivity index (χ2v) is 9.36. The molecule has 0 aliphatic carbocycles. The fraction of sp³-hybridized carbons (Fsp3) is 0.450. The third kappa shape index (κ3) is 4.44. The lowest BCUT2D eigenvalue weighted by Gasteiger charge is -2.39. The zero-order valence-electron chi connectivity index (χ0n) is 16.2. The van der Waals surface area contributed by atoms with Gasteiger partial charge in [0.2, 0.25) is 0 Å². The van der Waals surface area contributed by atoms with Crippen LogP contribution in [0.25, 0.3) is 0 Å². The highest BCUT2D eigenvalue weighted by Crippen LogP contribution is 2.41. The molecule has 0 radical (unpaired) electrons. The van der Waals surface area contributed by atoms with Crippen LogP contribution in [0.15, 0.2) is 24.4 Å². The Kier molecular flexibility index (Phi) is 5.99. The minimum Gasteiger partial charge on any atom is -0.476 e. The minimum absolute atomic E-state index is 0.0446. The maximum Gasteiger partial charge on any atom is 0.357 e. The predicted octanol–water partition coefficient (Wildman–Crippen LogP) is 4.50. The van der Waals surface area contributed by atoms with Gasteiger partial charge < -0.3 is 10.0 Å². The number of carbonyl (C=O) groups excluding carboxylic acids is 1. The van der Waals surface area contributed by atoms with E-state index in [1.807, 2.05) is 12.1 Å². The maximum absolute atomic E-state index is 12.7. The first-order chi connectivity index (χ1) is 14.2. The first-order valence-electron chi connectivity index (χ1n) is 9.70. The van der Waals surface area contributed by atoms with E-state index in [4.69, 9.17) is 39.9 Å². The second-order valence-electron chi connectivity index (χ2n) is 8.08. The summed E-state index contributed by atoms with van der Waals surface area (Å²) in [5.41, 5.74) is 0.973. The van der Waals surface area contributed by atoms with Gasteiger partial charge in [0, 0.05) is 36.2 Å². The van der Waals surface area contributed by atoms with Gasteiger partial charge in [0.15, 0.2) is 5.69 Å². The van der Waals surface area contributed by atoms with Gasteiger partial charge in [-0.1, -0.05) is 34.8 Å². The largest absolute Gasteiger partial charge is 0.476 e. The molecule has 1 aromatic heterocycles. The van der Waals surface area contributed by atoms with Gasteiger partial charge in [-0.25, -0.2) is 9.59 Å². The molecular formula is C20H21Cl3N4O3. The number of carbonyl (C=O) groups is 2. The van der Waals surface area contributed by atoms with Crippen molar-refractivity contribution < 1.29 is 14.7 Å². The molecule has 0 unspecified atom stereocenters. The zero-order chi connectivity index (χ0) is 21.5. The summed E-state index contributed by atoms with van der Waals surface area (Å²) in [4.78, 5) is 27.9. The molecular weight excluding hydrogens is 451 g/mol. The van der Waals surface area contributed by atoms with Crippen molar-refractivity contribution in [1.82, 2.24) is 19.6 Å². The highest BCUT2D eigenvalue weighted by Gasteiger charge is 2.41. The van der Waals surface area contributed by atoms with Crippen LogP contribution in [-0.4, -0.2) is 62.9 Å². The van der Waals surface area contributed by atoms with Crippen LogP contribution in [0, 0.1) is 5.41 Å². The van der Waals surface area contributed by atoms with Gasteiger partial charge in [0.1, 0.15) is 0 Å². The molecule has 0 saturated carbocycles. The predicted molar refractivity (Wildman–Crippen MR) is 115 cm³/mol. The molecule has 1 aromatic carbocycles. The van der Waals surface area contributed by atoms with Crippen LogP contribution in [0.1, 0.15) is 35.3 Å². The smallest absolute Gasteiger partial charge is 0.357 e. The third-order valence-corrected chi connectivity index (χ3v) is 6.72. The monoisotopic (exact) mass is 470 g/mol. The molecule has 2 aromatic rings. The number of aromatic nitrogens is 2. The van der Waals surface area contributed by atoms with E-state index >= 15 is 0 Å². The summed E-state index contributed by atoms with van der Waals surface area (Å²) < 4.78 is 1.02. The van der Waals surface area contributed by atoms with Crippen molar-refractivity contribution in [3.63, 3.8) is 0 Å². The first kappa shape index (κ1) is 21.4. The minimum atomic E-state index is -1.25. The van der Waals surface area contributed by atoms with Gasteiger partial charge in [-0.05, 0) is 55.0 Å². The summed E-state index contributed by atoms with van der Waals surface area (Å²) in [6.07, 6.45) is 4.13. The van der Waals surface area contributed by atoms with Gasteiger partial charge >= 0.3 is 12.0 Å². The molecule has 4 rings (SSSR count). The number of hydrogen-bond donors (Lipinski definition) is 1. The molecule has 2 aliphatic rings. The summed E-state index contributed by atoms with van der Waals surface area (Å²) in [6, 6.07) is 5.28. The van der Waals surface area contributed by atoms with Gasteiger partial charge in [-0.3, -0.25) is 4.90 Å². The van der Waals surface area contributed by atoms with Crippen LogP contribution in [0.2, 0.25) is 15.1 Å². The average Bonchev–Trinajstić information content (AvgIpc) is 3.25. The summed E-state index contributed by atoms with van der Waals surface area (Å²) >= 11 is 18.1. The fourth-order valence-corrected chi connectivity index (χ4v) is 5.23. The Labute approximate surface area is 189 Å². The molecule has 1 N–H and O–H groups in total. The first-order valence-corrected chi connectivity index (χ1v) is 10.8. The normalized spacial score (nSPS) is 18.8. The van der Waals surface area contributed by atoms with Crippen molar-refractivity contribution in [2.75, 3.05) is 26.2 Å². The number of carboxylic acid groups (broad SMARTS) is 1. The number of likely N-dealkylation sites (tertiary alicyclic amines) is 2. The standard InChI is InChI=1S/C20H21Cl3N4O3/c21-14-7-13(8-15(22)9-14)10-25-4-1-20(12-25)2-5-26(6-3-20)19(30)27-11-16(23)17(24-27)18(28)29/h7-9,11H,1-6,10,12H2,(H,28,29). The maximum atomic E-state index is 12.7. The second kappa shape index (κ2) is 8.38. The Hall–Kier alpha value is -1.80. The molecule has 2 saturated heterocycles. The van der Waals surface area contributed by atoms with E-state index in [0.717, 1.165) is 49.1 Å². The van der Waals surface area contributed by atoms with E-state index in [0.29, 0.717) is 23.1 Å². The summed E-state index contributed by atoms with van der Waals surface area (Å²) in [5.74, 6) is -1.25. The van der Waals surface area contributed by atoms with Crippen molar-refractivity contribution in [3.05, 3.63) is 50.7 Å². The van der Waals surface area contributed by atoms with Crippen molar-refractivity contribution >= 4 is 46.8 Å². The van der Waals surface area contributed by atoms with Crippen LogP contribution in [-0.2, 0) is 6.54 Å². The number of hydrogen-bond acceptors (Lipinski definition) is 4. The number of aromatic carboxylic acids is 1. The SMILES string of the molecule is O=C(O)c1nn(C(=O)N2CCC3(CCN(Cc4cc(Cl)cc(Cl)c4)C3)CC2)cc1Cl. The Morgan fingerprint density at radius 3 is 2.27 bits per heavy atom. The highest BCUT2D eigenvalue weighted by molar-refractivity contribution is 6.34. The number of piperidine rings is 1. The molecule has 0 atom stereocenters. The van der Waals surface area contributed by atoms with E-state index in [-0.39, 0.29) is 22.2 Å². The number of amides is 1. The quantitative estimate of drug-likeness (QED) is 0.713. The lowest BCUT2D eigenvalue weighted by molar-refractivity contribution is 0.0690. The topological polar surface area (TPSA) is 78.7 Å². The molecule has 10 heteroatoms. The lowest BCUT2D eigenvalue weighted by Crippen LogP contribution is -2.45. The number of nitrogens with zero attached hydrogens (tertiary/aromatic N) is 4. The average molecular weight is 472 g/mol. The van der Waals surface area contributed by atoms with E-state index in [9.17, 15) is 9.59 Å². The summed E-state index contributed by atoms with van der Waals surface area (Å²) in [5, 5.41) is 14.1. The Morgan fingerprint density at radius 1 is 1.03 bits per heavy atom. The highest BCUT2D eigenvalue weighted by atomic mass is 35.5. The Morgan fingerprint density at radius 2 is 1.67 bits per heavy atom. The number of rotatable bonds is 3. The van der Waals surface area contributed by atoms with Crippen molar-refractivity contribution in [3.8, 4) is 0 Å². The van der Waals surface area contributed by atoms with E-state index in [2.05, 4.69) is 10.00 Å². The Balaban J connectivity index is 1.35. The van der Waals surface area contributed by atoms with Crippen LogP contribution in [0.5, 0.6) is 0 Å². The van der Waals surface area contributed by atoms with Crippen LogP contribution in [0.4, 0.5) is 4.79 Å². The number of carboxylic acids is 1.